The molecule has 15 heavy (non-hydrogen) atoms. The monoisotopic (exact) mass is 216 g/mol. The number of aliphatic hydroxyl groups is 1. The number of rotatable bonds is 11. The highest BCUT2D eigenvalue weighted by atomic mass is 16.5. The molecule has 0 saturated carbocycles. The van der Waals surface area contributed by atoms with E-state index in [2.05, 4.69) is 13.8 Å². The first-order chi connectivity index (χ1) is 7.35. The van der Waals surface area contributed by atoms with Gasteiger partial charge in [0.1, 0.15) is 0 Å². The highest BCUT2D eigenvalue weighted by Gasteiger charge is 2.03. The minimum absolute atomic E-state index is 0.338. The quantitative estimate of drug-likeness (QED) is 0.535. The molecular weight excluding hydrogens is 188 g/mol. The first kappa shape index (κ1) is 14.9. The molecule has 1 N–H and O–H groups in total. The van der Waals surface area contributed by atoms with Gasteiger partial charge in [0, 0.05) is 13.2 Å². The zero-order chi connectivity index (χ0) is 11.4. The van der Waals surface area contributed by atoms with Gasteiger partial charge in [-0.1, -0.05) is 39.5 Å². The minimum Gasteiger partial charge on any atom is -0.396 e. The number of aliphatic hydroxyl groups excluding tert-OH is 1. The fraction of sp³-hybridized carbons (Fsp3) is 1.00. The lowest BCUT2D eigenvalue weighted by atomic mass is 10.1. The average Bonchev–Trinajstić information content (AvgIpc) is 2.26. The van der Waals surface area contributed by atoms with Crippen molar-refractivity contribution in [1.29, 1.82) is 0 Å². The molecule has 0 aliphatic carbocycles. The zero-order valence-electron chi connectivity index (χ0n) is 10.5. The maximum Gasteiger partial charge on any atom is 0.0572 e. The maximum absolute atomic E-state index is 8.61. The Morgan fingerprint density at radius 2 is 1.67 bits per heavy atom. The van der Waals surface area contributed by atoms with Crippen molar-refractivity contribution in [3.63, 3.8) is 0 Å². The minimum atomic E-state index is 0.338. The van der Waals surface area contributed by atoms with Crippen molar-refractivity contribution in [3.05, 3.63) is 0 Å². The number of hydrogen-bond acceptors (Lipinski definition) is 2. The van der Waals surface area contributed by atoms with E-state index in [1.165, 1.54) is 32.1 Å². The van der Waals surface area contributed by atoms with Crippen LogP contribution in [0.1, 0.15) is 65.2 Å². The van der Waals surface area contributed by atoms with Crippen LogP contribution in [0.2, 0.25) is 0 Å². The maximum atomic E-state index is 8.61. The molecule has 2 heteroatoms. The van der Waals surface area contributed by atoms with Gasteiger partial charge in [-0.25, -0.2) is 0 Å². The molecule has 1 unspecified atom stereocenters. The Hall–Kier alpha value is -0.0800. The molecule has 0 aromatic carbocycles. The molecule has 0 aliphatic rings. The number of ether oxygens (including phenoxy) is 1. The summed E-state index contributed by atoms with van der Waals surface area (Å²) in [6.45, 7) is 5.66. The van der Waals surface area contributed by atoms with Crippen molar-refractivity contribution in [2.24, 2.45) is 0 Å². The standard InChI is InChI=1S/C13H28O2/c1-3-10-13(4-2)15-12-9-7-5-6-8-11-14/h13-14H,3-12H2,1-2H3. The Bertz CT molecular complexity index is 115. The molecule has 0 saturated heterocycles. The summed E-state index contributed by atoms with van der Waals surface area (Å²) in [7, 11) is 0. The molecule has 0 fully saturated rings. The molecule has 2 nitrogen and oxygen atoms in total. The molecule has 0 aromatic heterocycles. The van der Waals surface area contributed by atoms with E-state index in [-0.39, 0.29) is 0 Å². The van der Waals surface area contributed by atoms with E-state index in [9.17, 15) is 0 Å². The summed E-state index contributed by atoms with van der Waals surface area (Å²) in [5.41, 5.74) is 0. The van der Waals surface area contributed by atoms with Gasteiger partial charge in [0.25, 0.3) is 0 Å². The van der Waals surface area contributed by atoms with Crippen molar-refractivity contribution in [2.45, 2.75) is 71.3 Å². The highest BCUT2D eigenvalue weighted by Crippen LogP contribution is 2.08. The summed E-state index contributed by atoms with van der Waals surface area (Å²) in [5.74, 6) is 0. The molecular formula is C13H28O2. The van der Waals surface area contributed by atoms with E-state index in [1.807, 2.05) is 0 Å². The smallest absolute Gasteiger partial charge is 0.0572 e. The van der Waals surface area contributed by atoms with E-state index >= 15 is 0 Å². The van der Waals surface area contributed by atoms with Gasteiger partial charge in [0.2, 0.25) is 0 Å². The van der Waals surface area contributed by atoms with E-state index in [0.29, 0.717) is 12.7 Å². The van der Waals surface area contributed by atoms with Crippen LogP contribution in [-0.2, 0) is 4.74 Å². The summed E-state index contributed by atoms with van der Waals surface area (Å²) in [5, 5.41) is 8.61. The molecule has 0 aliphatic heterocycles. The lowest BCUT2D eigenvalue weighted by molar-refractivity contribution is 0.0419. The summed E-state index contributed by atoms with van der Waals surface area (Å²) >= 11 is 0. The molecule has 0 radical (unpaired) electrons. The highest BCUT2D eigenvalue weighted by molar-refractivity contribution is 4.54. The molecule has 1 atom stereocenters. The molecule has 0 rings (SSSR count). The van der Waals surface area contributed by atoms with Crippen molar-refractivity contribution in [2.75, 3.05) is 13.2 Å². The summed E-state index contributed by atoms with van der Waals surface area (Å²) < 4.78 is 5.79. The molecule has 0 bridgehead atoms. The molecule has 0 amide bonds. The second-order valence-electron chi connectivity index (χ2n) is 4.18. The van der Waals surface area contributed by atoms with Crippen LogP contribution in [0.15, 0.2) is 0 Å². The topological polar surface area (TPSA) is 29.5 Å². The van der Waals surface area contributed by atoms with Crippen LogP contribution in [0, 0.1) is 0 Å². The van der Waals surface area contributed by atoms with Gasteiger partial charge >= 0.3 is 0 Å². The van der Waals surface area contributed by atoms with Gasteiger partial charge in [-0.3, -0.25) is 0 Å². The van der Waals surface area contributed by atoms with Crippen LogP contribution in [0.5, 0.6) is 0 Å². The van der Waals surface area contributed by atoms with Crippen LogP contribution >= 0.6 is 0 Å². The van der Waals surface area contributed by atoms with Crippen molar-refractivity contribution < 1.29 is 9.84 Å². The van der Waals surface area contributed by atoms with Crippen molar-refractivity contribution in [1.82, 2.24) is 0 Å². The van der Waals surface area contributed by atoms with Crippen molar-refractivity contribution >= 4 is 0 Å². The van der Waals surface area contributed by atoms with E-state index in [4.69, 9.17) is 9.84 Å². The van der Waals surface area contributed by atoms with Crippen LogP contribution in [0.4, 0.5) is 0 Å². The third kappa shape index (κ3) is 10.2. The predicted octanol–water partition coefficient (Wildman–Crippen LogP) is 3.52. The van der Waals surface area contributed by atoms with E-state index in [0.717, 1.165) is 25.9 Å². The lowest BCUT2D eigenvalue weighted by Crippen LogP contribution is -2.12. The second-order valence-corrected chi connectivity index (χ2v) is 4.18. The van der Waals surface area contributed by atoms with Crippen LogP contribution in [-0.4, -0.2) is 24.4 Å². The van der Waals surface area contributed by atoms with Gasteiger partial charge in [-0.2, -0.15) is 0 Å². The second kappa shape index (κ2) is 12.0. The molecule has 92 valence electrons. The van der Waals surface area contributed by atoms with Gasteiger partial charge in [0.05, 0.1) is 6.10 Å². The van der Waals surface area contributed by atoms with Gasteiger partial charge in [0.15, 0.2) is 0 Å². The fourth-order valence-corrected chi connectivity index (χ4v) is 1.72. The Morgan fingerprint density at radius 3 is 2.27 bits per heavy atom. The molecule has 0 spiro atoms. The number of unbranched alkanes of at least 4 members (excludes halogenated alkanes) is 4. The zero-order valence-corrected chi connectivity index (χ0v) is 10.5. The van der Waals surface area contributed by atoms with Gasteiger partial charge < -0.3 is 9.84 Å². The molecule has 0 heterocycles. The largest absolute Gasteiger partial charge is 0.396 e. The lowest BCUT2D eigenvalue weighted by Gasteiger charge is -2.14. The Balaban J connectivity index is 3.14. The first-order valence-corrected chi connectivity index (χ1v) is 6.57. The Morgan fingerprint density at radius 1 is 1.00 bits per heavy atom. The summed E-state index contributed by atoms with van der Waals surface area (Å²) in [6, 6.07) is 0. The van der Waals surface area contributed by atoms with Gasteiger partial charge in [-0.05, 0) is 25.7 Å². The van der Waals surface area contributed by atoms with Crippen LogP contribution < -0.4 is 0 Å². The van der Waals surface area contributed by atoms with E-state index < -0.39 is 0 Å². The Kier molecular flexibility index (Phi) is 11.9. The third-order valence-electron chi connectivity index (χ3n) is 2.72. The van der Waals surface area contributed by atoms with E-state index in [1.54, 1.807) is 0 Å². The first-order valence-electron chi connectivity index (χ1n) is 6.57. The Labute approximate surface area is 95.0 Å². The summed E-state index contributed by atoms with van der Waals surface area (Å²) in [6.07, 6.45) is 9.78. The summed E-state index contributed by atoms with van der Waals surface area (Å²) in [4.78, 5) is 0. The third-order valence-corrected chi connectivity index (χ3v) is 2.72. The SMILES string of the molecule is CCCC(CC)OCCCCCCCO. The fourth-order valence-electron chi connectivity index (χ4n) is 1.72. The van der Waals surface area contributed by atoms with Gasteiger partial charge in [-0.15, -0.1) is 0 Å². The normalized spacial score (nSPS) is 13.0. The average molecular weight is 216 g/mol. The number of hydrogen-bond donors (Lipinski definition) is 1. The van der Waals surface area contributed by atoms with Crippen LogP contribution in [0.25, 0.3) is 0 Å². The van der Waals surface area contributed by atoms with Crippen LogP contribution in [0.3, 0.4) is 0 Å². The molecule has 0 aromatic rings. The van der Waals surface area contributed by atoms with Crippen molar-refractivity contribution in [3.8, 4) is 0 Å². The predicted molar refractivity (Wildman–Crippen MR) is 65.1 cm³/mol.